The van der Waals surface area contributed by atoms with Crippen LogP contribution in [-0.2, 0) is 12.1 Å². The van der Waals surface area contributed by atoms with Crippen LogP contribution in [0, 0.1) is 0 Å². The van der Waals surface area contributed by atoms with E-state index in [1.54, 1.807) is 0 Å². The van der Waals surface area contributed by atoms with E-state index in [-0.39, 0.29) is 0 Å². The van der Waals surface area contributed by atoms with Gasteiger partial charge in [-0.2, -0.15) is 0 Å². The van der Waals surface area contributed by atoms with Crippen LogP contribution in [0.1, 0.15) is 16.7 Å². The van der Waals surface area contributed by atoms with Crippen molar-refractivity contribution in [2.45, 2.75) is 12.1 Å². The number of hydrogen-bond donors (Lipinski definition) is 2. The molecule has 3 aromatic rings. The van der Waals surface area contributed by atoms with Gasteiger partial charge in [-0.05, 0) is 28.8 Å². The minimum absolute atomic E-state index is 0.438. The van der Waals surface area contributed by atoms with Crippen molar-refractivity contribution >= 4 is 15.9 Å². The Bertz CT molecular complexity index is 759. The number of hydrogen-bond acceptors (Lipinski definition) is 2. The summed E-state index contributed by atoms with van der Waals surface area (Å²) in [5.41, 5.74) is 1.88. The SMILES string of the molecule is O[C@](CNCc1ccccc1)(c1ccccc1)c1ccc(Br)cc1. The average Bonchev–Trinajstić information content (AvgIpc) is 2.64. The van der Waals surface area contributed by atoms with E-state index in [9.17, 15) is 5.11 Å². The van der Waals surface area contributed by atoms with Crippen LogP contribution in [0.5, 0.6) is 0 Å². The third-order valence-electron chi connectivity index (χ3n) is 4.13. The van der Waals surface area contributed by atoms with Crippen LogP contribution in [0.4, 0.5) is 0 Å². The quantitative estimate of drug-likeness (QED) is 0.659. The highest BCUT2D eigenvalue weighted by Crippen LogP contribution is 2.30. The van der Waals surface area contributed by atoms with Gasteiger partial charge in [0, 0.05) is 17.6 Å². The third kappa shape index (κ3) is 3.93. The molecule has 0 aromatic heterocycles. The highest BCUT2D eigenvalue weighted by Gasteiger charge is 2.30. The number of nitrogens with one attached hydrogen (secondary N) is 1. The molecule has 122 valence electrons. The van der Waals surface area contributed by atoms with Gasteiger partial charge in [-0.3, -0.25) is 0 Å². The van der Waals surface area contributed by atoms with E-state index in [1.807, 2.05) is 72.8 Å². The zero-order valence-corrected chi connectivity index (χ0v) is 14.9. The molecule has 1 atom stereocenters. The molecule has 0 heterocycles. The summed E-state index contributed by atoms with van der Waals surface area (Å²) in [6.45, 7) is 1.15. The Morgan fingerprint density at radius 3 is 1.92 bits per heavy atom. The van der Waals surface area contributed by atoms with Crippen molar-refractivity contribution in [1.29, 1.82) is 0 Å². The molecule has 3 heteroatoms. The molecule has 0 aliphatic heterocycles. The fourth-order valence-electron chi connectivity index (χ4n) is 2.79. The first-order valence-corrected chi connectivity index (χ1v) is 8.76. The first-order chi connectivity index (χ1) is 11.7. The maximum atomic E-state index is 11.4. The monoisotopic (exact) mass is 381 g/mol. The van der Waals surface area contributed by atoms with Crippen molar-refractivity contribution in [2.24, 2.45) is 0 Å². The highest BCUT2D eigenvalue weighted by molar-refractivity contribution is 9.10. The van der Waals surface area contributed by atoms with Crippen LogP contribution in [0.2, 0.25) is 0 Å². The Hall–Kier alpha value is -1.94. The molecular formula is C21H20BrNO. The normalized spacial score (nSPS) is 13.4. The molecule has 0 aliphatic carbocycles. The largest absolute Gasteiger partial charge is 0.379 e. The number of halogens is 1. The topological polar surface area (TPSA) is 32.3 Å². The zero-order chi connectivity index (χ0) is 16.8. The van der Waals surface area contributed by atoms with Gasteiger partial charge in [0.15, 0.2) is 0 Å². The van der Waals surface area contributed by atoms with Crippen LogP contribution in [-0.4, -0.2) is 11.7 Å². The molecule has 0 spiro atoms. The number of aliphatic hydroxyl groups is 1. The second kappa shape index (κ2) is 7.75. The van der Waals surface area contributed by atoms with E-state index >= 15 is 0 Å². The maximum absolute atomic E-state index is 11.4. The van der Waals surface area contributed by atoms with Crippen molar-refractivity contribution in [2.75, 3.05) is 6.54 Å². The minimum Gasteiger partial charge on any atom is -0.379 e. The van der Waals surface area contributed by atoms with E-state index in [4.69, 9.17) is 0 Å². The molecule has 0 aliphatic rings. The summed E-state index contributed by atoms with van der Waals surface area (Å²) in [5.74, 6) is 0. The van der Waals surface area contributed by atoms with E-state index in [0.717, 1.165) is 15.6 Å². The predicted octanol–water partition coefficient (Wildman–Crippen LogP) is 4.47. The summed E-state index contributed by atoms with van der Waals surface area (Å²) < 4.78 is 0.999. The molecule has 3 rings (SSSR count). The lowest BCUT2D eigenvalue weighted by molar-refractivity contribution is 0.0796. The van der Waals surface area contributed by atoms with Gasteiger partial charge in [0.25, 0.3) is 0 Å². The lowest BCUT2D eigenvalue weighted by Crippen LogP contribution is -2.39. The average molecular weight is 382 g/mol. The summed E-state index contributed by atoms with van der Waals surface area (Å²) in [6, 6.07) is 27.8. The zero-order valence-electron chi connectivity index (χ0n) is 13.3. The van der Waals surface area contributed by atoms with Gasteiger partial charge < -0.3 is 10.4 Å². The van der Waals surface area contributed by atoms with Crippen molar-refractivity contribution in [3.8, 4) is 0 Å². The Labute approximate surface area is 151 Å². The maximum Gasteiger partial charge on any atom is 0.127 e. The smallest absolute Gasteiger partial charge is 0.127 e. The molecule has 3 aromatic carbocycles. The van der Waals surface area contributed by atoms with Crippen LogP contribution in [0.25, 0.3) is 0 Å². The Morgan fingerprint density at radius 2 is 1.29 bits per heavy atom. The summed E-state index contributed by atoms with van der Waals surface area (Å²) in [5, 5.41) is 14.8. The van der Waals surface area contributed by atoms with Gasteiger partial charge in [-0.25, -0.2) is 0 Å². The molecule has 24 heavy (non-hydrogen) atoms. The lowest BCUT2D eigenvalue weighted by Gasteiger charge is -2.30. The summed E-state index contributed by atoms with van der Waals surface area (Å²) in [4.78, 5) is 0. The molecule has 0 amide bonds. The van der Waals surface area contributed by atoms with Crippen molar-refractivity contribution < 1.29 is 5.11 Å². The fourth-order valence-corrected chi connectivity index (χ4v) is 3.06. The molecule has 0 bridgehead atoms. The van der Waals surface area contributed by atoms with Crippen LogP contribution in [0.15, 0.2) is 89.4 Å². The molecule has 0 fully saturated rings. The van der Waals surface area contributed by atoms with Gasteiger partial charge in [0.2, 0.25) is 0 Å². The van der Waals surface area contributed by atoms with Gasteiger partial charge in [0.05, 0.1) is 0 Å². The Kier molecular flexibility index (Phi) is 5.46. The Morgan fingerprint density at radius 1 is 0.750 bits per heavy atom. The molecule has 0 radical (unpaired) electrons. The Balaban J connectivity index is 1.83. The predicted molar refractivity (Wildman–Crippen MR) is 102 cm³/mol. The third-order valence-corrected chi connectivity index (χ3v) is 4.65. The van der Waals surface area contributed by atoms with Crippen molar-refractivity contribution in [3.63, 3.8) is 0 Å². The van der Waals surface area contributed by atoms with E-state index in [1.165, 1.54) is 5.56 Å². The second-order valence-electron chi connectivity index (χ2n) is 5.82. The molecule has 0 saturated carbocycles. The lowest BCUT2D eigenvalue weighted by atomic mass is 9.86. The van der Waals surface area contributed by atoms with Gasteiger partial charge in [0.1, 0.15) is 5.60 Å². The number of rotatable bonds is 6. The van der Waals surface area contributed by atoms with Crippen molar-refractivity contribution in [3.05, 3.63) is 106 Å². The molecule has 2 nitrogen and oxygen atoms in total. The summed E-state index contributed by atoms with van der Waals surface area (Å²) in [6.07, 6.45) is 0. The molecule has 0 saturated heterocycles. The van der Waals surface area contributed by atoms with Crippen molar-refractivity contribution in [1.82, 2.24) is 5.32 Å². The van der Waals surface area contributed by atoms with E-state index < -0.39 is 5.60 Å². The standard InChI is InChI=1S/C21H20BrNO/c22-20-13-11-19(12-14-20)21(24,18-9-5-2-6-10-18)16-23-15-17-7-3-1-4-8-17/h1-14,23-24H,15-16H2/t21-/m1/s1. The van der Waals surface area contributed by atoms with Crippen LogP contribution >= 0.6 is 15.9 Å². The first kappa shape index (κ1) is 16.9. The van der Waals surface area contributed by atoms with Crippen LogP contribution in [0.3, 0.4) is 0 Å². The highest BCUT2D eigenvalue weighted by atomic mass is 79.9. The number of benzene rings is 3. The molecular weight excluding hydrogens is 362 g/mol. The van der Waals surface area contributed by atoms with Crippen LogP contribution < -0.4 is 5.32 Å². The minimum atomic E-state index is -1.07. The van der Waals surface area contributed by atoms with Gasteiger partial charge in [-0.15, -0.1) is 0 Å². The second-order valence-corrected chi connectivity index (χ2v) is 6.74. The van der Waals surface area contributed by atoms with Gasteiger partial charge >= 0.3 is 0 Å². The molecule has 0 unspecified atom stereocenters. The van der Waals surface area contributed by atoms with E-state index in [2.05, 4.69) is 33.4 Å². The van der Waals surface area contributed by atoms with Gasteiger partial charge in [-0.1, -0.05) is 88.7 Å². The fraction of sp³-hybridized carbons (Fsp3) is 0.143. The van der Waals surface area contributed by atoms with E-state index in [0.29, 0.717) is 13.1 Å². The first-order valence-electron chi connectivity index (χ1n) is 7.97. The summed E-state index contributed by atoms with van der Waals surface area (Å²) in [7, 11) is 0. The molecule has 2 N–H and O–H groups in total. The summed E-state index contributed by atoms with van der Waals surface area (Å²) >= 11 is 3.45.